The standard InChI is InChI=1S/C16H24O4/c1-11(2)13(17)20-16-6-12-4-14(8-16,10-19-3)7-15(18,5-12)9-16/h12,18H,1,4-10H2,2-3H3. The van der Waals surface area contributed by atoms with E-state index < -0.39 is 11.2 Å². The van der Waals surface area contributed by atoms with Crippen molar-refractivity contribution in [1.82, 2.24) is 0 Å². The molecule has 0 amide bonds. The molecule has 4 saturated carbocycles. The normalized spacial score (nSPS) is 45.5. The fraction of sp³-hybridized carbons (Fsp3) is 0.812. The summed E-state index contributed by atoms with van der Waals surface area (Å²) in [5.41, 5.74) is -0.803. The van der Waals surface area contributed by atoms with E-state index in [1.165, 1.54) is 0 Å². The quantitative estimate of drug-likeness (QED) is 0.633. The Morgan fingerprint density at radius 1 is 1.30 bits per heavy atom. The predicted molar refractivity (Wildman–Crippen MR) is 74.1 cm³/mol. The molecule has 1 N–H and O–H groups in total. The second-order valence-corrected chi connectivity index (χ2v) is 7.52. The number of hydrogen-bond donors (Lipinski definition) is 1. The first-order chi connectivity index (χ1) is 9.29. The molecule has 0 aromatic rings. The van der Waals surface area contributed by atoms with E-state index in [1.54, 1.807) is 14.0 Å². The fourth-order valence-electron chi connectivity index (χ4n) is 5.36. The average Bonchev–Trinajstić information content (AvgIpc) is 2.23. The summed E-state index contributed by atoms with van der Waals surface area (Å²) in [6.45, 7) is 5.97. The lowest BCUT2D eigenvalue weighted by Gasteiger charge is -2.63. The van der Waals surface area contributed by atoms with Crippen LogP contribution in [0.2, 0.25) is 0 Å². The molecule has 4 heteroatoms. The number of carbonyl (C=O) groups is 1. The van der Waals surface area contributed by atoms with E-state index in [9.17, 15) is 9.90 Å². The second-order valence-electron chi connectivity index (χ2n) is 7.52. The van der Waals surface area contributed by atoms with Crippen LogP contribution in [0.4, 0.5) is 0 Å². The van der Waals surface area contributed by atoms with Gasteiger partial charge in [0, 0.05) is 24.5 Å². The van der Waals surface area contributed by atoms with E-state index in [0.717, 1.165) is 32.1 Å². The summed E-state index contributed by atoms with van der Waals surface area (Å²) >= 11 is 0. The summed E-state index contributed by atoms with van der Waals surface area (Å²) in [4.78, 5) is 12.0. The third-order valence-electron chi connectivity index (χ3n) is 5.21. The Morgan fingerprint density at radius 2 is 2.05 bits per heavy atom. The third-order valence-corrected chi connectivity index (χ3v) is 5.21. The molecule has 0 aliphatic heterocycles. The maximum absolute atomic E-state index is 12.0. The van der Waals surface area contributed by atoms with Gasteiger partial charge in [-0.1, -0.05) is 6.58 Å². The van der Waals surface area contributed by atoms with Gasteiger partial charge in [-0.05, 0) is 44.9 Å². The highest BCUT2D eigenvalue weighted by molar-refractivity contribution is 5.87. The topological polar surface area (TPSA) is 55.8 Å². The van der Waals surface area contributed by atoms with Crippen LogP contribution in [0.1, 0.15) is 45.4 Å². The minimum absolute atomic E-state index is 0.0295. The van der Waals surface area contributed by atoms with Gasteiger partial charge in [0.05, 0.1) is 12.2 Å². The van der Waals surface area contributed by atoms with Crippen LogP contribution in [0.15, 0.2) is 12.2 Å². The van der Waals surface area contributed by atoms with Crippen molar-refractivity contribution < 1.29 is 19.4 Å². The van der Waals surface area contributed by atoms with Gasteiger partial charge in [0.15, 0.2) is 0 Å². The molecule has 0 saturated heterocycles. The molecule has 4 aliphatic carbocycles. The molecule has 4 aliphatic rings. The molecule has 4 unspecified atom stereocenters. The van der Waals surface area contributed by atoms with E-state index in [-0.39, 0.29) is 11.4 Å². The summed E-state index contributed by atoms with van der Waals surface area (Å²) in [6, 6.07) is 0. The summed E-state index contributed by atoms with van der Waals surface area (Å²) in [7, 11) is 1.70. The van der Waals surface area contributed by atoms with E-state index in [4.69, 9.17) is 9.47 Å². The fourth-order valence-corrected chi connectivity index (χ4v) is 5.36. The molecule has 4 rings (SSSR count). The summed E-state index contributed by atoms with van der Waals surface area (Å²) < 4.78 is 11.2. The van der Waals surface area contributed by atoms with Gasteiger partial charge in [0.1, 0.15) is 5.60 Å². The van der Waals surface area contributed by atoms with E-state index >= 15 is 0 Å². The van der Waals surface area contributed by atoms with Crippen LogP contribution in [0.25, 0.3) is 0 Å². The zero-order valence-electron chi connectivity index (χ0n) is 12.4. The Hall–Kier alpha value is -0.870. The van der Waals surface area contributed by atoms with Gasteiger partial charge >= 0.3 is 5.97 Å². The maximum Gasteiger partial charge on any atom is 0.333 e. The zero-order chi connectivity index (χ0) is 14.6. The van der Waals surface area contributed by atoms with E-state index in [2.05, 4.69) is 6.58 Å². The highest BCUT2D eigenvalue weighted by Crippen LogP contribution is 2.64. The van der Waals surface area contributed by atoms with Gasteiger partial charge in [0.25, 0.3) is 0 Å². The molecule has 0 aromatic heterocycles. The molecule has 0 heterocycles. The van der Waals surface area contributed by atoms with Crippen molar-refractivity contribution in [2.24, 2.45) is 11.3 Å². The Kier molecular flexibility index (Phi) is 3.04. The van der Waals surface area contributed by atoms with Crippen LogP contribution in [-0.2, 0) is 14.3 Å². The molecule has 4 nitrogen and oxygen atoms in total. The van der Waals surface area contributed by atoms with Crippen molar-refractivity contribution >= 4 is 5.97 Å². The predicted octanol–water partition coefficient (Wildman–Crippen LogP) is 2.21. The van der Waals surface area contributed by atoms with Crippen LogP contribution in [0.3, 0.4) is 0 Å². The van der Waals surface area contributed by atoms with Crippen molar-refractivity contribution in [3.63, 3.8) is 0 Å². The highest BCUT2D eigenvalue weighted by atomic mass is 16.6. The molecule has 112 valence electrons. The lowest BCUT2D eigenvalue weighted by molar-refractivity contribution is -0.248. The highest BCUT2D eigenvalue weighted by Gasteiger charge is 2.64. The first-order valence-corrected chi connectivity index (χ1v) is 7.40. The van der Waals surface area contributed by atoms with Crippen molar-refractivity contribution in [2.45, 2.75) is 56.7 Å². The first-order valence-electron chi connectivity index (χ1n) is 7.40. The number of methoxy groups -OCH3 is 1. The zero-order valence-corrected chi connectivity index (χ0v) is 12.4. The SMILES string of the molecule is C=C(C)C(=O)OC12CC3CC(O)(CC(COC)(C3)C1)C2. The third kappa shape index (κ3) is 2.19. The van der Waals surface area contributed by atoms with Gasteiger partial charge < -0.3 is 14.6 Å². The largest absolute Gasteiger partial charge is 0.456 e. The van der Waals surface area contributed by atoms with Gasteiger partial charge in [-0.25, -0.2) is 4.79 Å². The lowest BCUT2D eigenvalue weighted by Crippen LogP contribution is -2.65. The summed E-state index contributed by atoms with van der Waals surface area (Å²) in [5.74, 6) is 0.104. The smallest absolute Gasteiger partial charge is 0.333 e. The van der Waals surface area contributed by atoms with E-state index in [1.807, 2.05) is 0 Å². The molecule has 20 heavy (non-hydrogen) atoms. The van der Waals surface area contributed by atoms with Crippen molar-refractivity contribution in [1.29, 1.82) is 0 Å². The number of ether oxygens (including phenoxy) is 2. The number of rotatable bonds is 4. The Morgan fingerprint density at radius 3 is 2.65 bits per heavy atom. The summed E-state index contributed by atoms with van der Waals surface area (Å²) in [6.07, 6.45) is 4.95. The minimum Gasteiger partial charge on any atom is -0.456 e. The van der Waals surface area contributed by atoms with Crippen LogP contribution in [-0.4, -0.2) is 36.0 Å². The van der Waals surface area contributed by atoms with Crippen molar-refractivity contribution in [3.05, 3.63) is 12.2 Å². The molecule has 0 spiro atoms. The van der Waals surface area contributed by atoms with Crippen LogP contribution in [0, 0.1) is 11.3 Å². The monoisotopic (exact) mass is 280 g/mol. The molecule has 0 aromatic carbocycles. The number of hydrogen-bond acceptors (Lipinski definition) is 4. The van der Waals surface area contributed by atoms with Crippen LogP contribution in [0.5, 0.6) is 0 Å². The molecular weight excluding hydrogens is 256 g/mol. The number of esters is 1. The van der Waals surface area contributed by atoms with Gasteiger partial charge in [0.2, 0.25) is 0 Å². The molecule has 0 radical (unpaired) electrons. The van der Waals surface area contributed by atoms with Crippen LogP contribution >= 0.6 is 0 Å². The Balaban J connectivity index is 1.89. The van der Waals surface area contributed by atoms with E-state index in [0.29, 0.717) is 24.5 Å². The molecule has 4 atom stereocenters. The minimum atomic E-state index is -0.687. The second kappa shape index (κ2) is 4.31. The maximum atomic E-state index is 12.0. The Bertz CT molecular complexity index is 459. The van der Waals surface area contributed by atoms with Gasteiger partial charge in [-0.3, -0.25) is 0 Å². The first kappa shape index (κ1) is 14.1. The molecule has 4 bridgehead atoms. The number of carbonyl (C=O) groups excluding carboxylic acids is 1. The Labute approximate surface area is 120 Å². The lowest BCUT2D eigenvalue weighted by atomic mass is 9.46. The summed E-state index contributed by atoms with van der Waals surface area (Å²) in [5, 5.41) is 10.8. The van der Waals surface area contributed by atoms with Gasteiger partial charge in [-0.15, -0.1) is 0 Å². The molecule has 4 fully saturated rings. The van der Waals surface area contributed by atoms with Crippen molar-refractivity contribution in [3.8, 4) is 0 Å². The number of aliphatic hydroxyl groups is 1. The van der Waals surface area contributed by atoms with Gasteiger partial charge in [-0.2, -0.15) is 0 Å². The van der Waals surface area contributed by atoms with Crippen molar-refractivity contribution in [2.75, 3.05) is 13.7 Å². The molecular formula is C16H24O4. The van der Waals surface area contributed by atoms with Crippen LogP contribution < -0.4 is 0 Å². The average molecular weight is 280 g/mol.